The first kappa shape index (κ1) is 38.5. The van der Waals surface area contributed by atoms with Gasteiger partial charge in [0.15, 0.2) is 23.1 Å². The molecule has 2 aliphatic carbocycles. The van der Waals surface area contributed by atoms with E-state index in [-0.39, 0.29) is 61.0 Å². The normalized spacial score (nSPS) is 14.8. The second kappa shape index (κ2) is 16.3. The van der Waals surface area contributed by atoms with E-state index in [1.807, 2.05) is 0 Å². The smallest absolute Gasteiger partial charge is 0.329 e. The van der Waals surface area contributed by atoms with Gasteiger partial charge in [-0.15, -0.1) is 0 Å². The molecule has 274 valence electrons. The molecule has 0 spiro atoms. The number of allylic oxidation sites excluding steroid dienone is 4. The van der Waals surface area contributed by atoms with Gasteiger partial charge in [0.25, 0.3) is 0 Å². The number of carbonyl (C=O) groups excluding carboxylic acids is 7. The molecule has 10 nitrogen and oxygen atoms in total. The Kier molecular flexibility index (Phi) is 11.8. The highest BCUT2D eigenvalue weighted by molar-refractivity contribution is 6.27. The molecule has 0 saturated carbocycles. The minimum absolute atomic E-state index is 0.0166. The summed E-state index contributed by atoms with van der Waals surface area (Å²) in [7, 11) is 0. The Morgan fingerprint density at radius 3 is 1.57 bits per heavy atom. The SMILES string of the molecule is CC1=C(CCCC(=O)N[C@@H](Cc2ccc(OC(=O)CCCC3=C(C)C(=O)c4ccccc4C3=O)cc2)C(=O)OC(C)(C)C)C(=O)c2ccccc2C1=O. The van der Waals surface area contributed by atoms with Crippen LogP contribution in [0.1, 0.15) is 120 Å². The molecule has 1 atom stereocenters. The number of nitrogens with one attached hydrogen (secondary N) is 1. The molecule has 0 saturated heterocycles. The number of Topliss-reactive ketones (excluding diaryl/α,β-unsaturated/α-hetero) is 4. The molecule has 53 heavy (non-hydrogen) atoms. The van der Waals surface area contributed by atoms with Gasteiger partial charge in [-0.3, -0.25) is 28.8 Å². The maximum atomic E-state index is 13.2. The molecule has 2 aliphatic rings. The number of carbonyl (C=O) groups is 7. The predicted molar refractivity (Wildman–Crippen MR) is 197 cm³/mol. The van der Waals surface area contributed by atoms with Crippen LogP contribution < -0.4 is 10.1 Å². The molecule has 3 aromatic carbocycles. The zero-order chi connectivity index (χ0) is 38.4. The Bertz CT molecular complexity index is 2060. The van der Waals surface area contributed by atoms with Crippen LogP contribution in [0.15, 0.2) is 95.1 Å². The summed E-state index contributed by atoms with van der Waals surface area (Å²) in [6.07, 6.45) is 1.26. The molecule has 0 aromatic heterocycles. The molecule has 0 bridgehead atoms. The van der Waals surface area contributed by atoms with Crippen molar-refractivity contribution in [3.8, 4) is 5.75 Å². The summed E-state index contributed by atoms with van der Waals surface area (Å²) in [5.41, 5.74) is 2.96. The summed E-state index contributed by atoms with van der Waals surface area (Å²) >= 11 is 0. The number of rotatable bonds is 13. The molecule has 0 heterocycles. The maximum absolute atomic E-state index is 13.2. The average molecular weight is 718 g/mol. The topological polar surface area (TPSA) is 150 Å². The Balaban J connectivity index is 1.14. The standard InChI is InChI=1S/C43H43NO9/c1-25-29(40(49)33-14-8-6-12-31(33)38(25)47)16-10-18-36(45)44-35(42(51)53-43(3,4)5)24-27-20-22-28(23-21-27)52-37(46)19-11-17-30-26(2)39(48)32-13-7-9-15-34(32)41(30)50/h6-9,12-15,20-23,35H,10-11,16-19,24H2,1-5H3,(H,44,45)/t35-/m0/s1. The fraction of sp³-hybridized carbons (Fsp3) is 0.326. The van der Waals surface area contributed by atoms with E-state index in [4.69, 9.17) is 9.47 Å². The third-order valence-electron chi connectivity index (χ3n) is 9.23. The summed E-state index contributed by atoms with van der Waals surface area (Å²) in [6.45, 7) is 8.45. The van der Waals surface area contributed by atoms with Crippen LogP contribution in [0, 0.1) is 0 Å². The van der Waals surface area contributed by atoms with Gasteiger partial charge < -0.3 is 14.8 Å². The summed E-state index contributed by atoms with van der Waals surface area (Å²) < 4.78 is 11.1. The Morgan fingerprint density at radius 1 is 0.642 bits per heavy atom. The highest BCUT2D eigenvalue weighted by atomic mass is 16.6. The lowest BCUT2D eigenvalue weighted by molar-refractivity contribution is -0.158. The van der Waals surface area contributed by atoms with Crippen molar-refractivity contribution >= 4 is 41.0 Å². The zero-order valence-corrected chi connectivity index (χ0v) is 30.6. The molecule has 10 heteroatoms. The lowest BCUT2D eigenvalue weighted by Crippen LogP contribution is -2.45. The van der Waals surface area contributed by atoms with E-state index < -0.39 is 29.5 Å². The first-order valence-corrected chi connectivity index (χ1v) is 17.7. The lowest BCUT2D eigenvalue weighted by atomic mass is 9.83. The van der Waals surface area contributed by atoms with Crippen LogP contribution in [0.5, 0.6) is 5.75 Å². The Labute approximate surface area is 308 Å². The first-order valence-electron chi connectivity index (χ1n) is 17.7. The molecular weight excluding hydrogens is 674 g/mol. The van der Waals surface area contributed by atoms with Crippen molar-refractivity contribution in [3.05, 3.63) is 123 Å². The monoisotopic (exact) mass is 717 g/mol. The zero-order valence-electron chi connectivity index (χ0n) is 30.6. The van der Waals surface area contributed by atoms with E-state index in [0.717, 1.165) is 0 Å². The van der Waals surface area contributed by atoms with Crippen LogP contribution in [0.4, 0.5) is 0 Å². The third kappa shape index (κ3) is 9.18. The van der Waals surface area contributed by atoms with Crippen LogP contribution in [-0.4, -0.2) is 52.6 Å². The van der Waals surface area contributed by atoms with Crippen molar-refractivity contribution in [2.45, 2.75) is 91.2 Å². The van der Waals surface area contributed by atoms with Crippen molar-refractivity contribution in [1.29, 1.82) is 0 Å². The van der Waals surface area contributed by atoms with E-state index in [2.05, 4.69) is 5.32 Å². The largest absolute Gasteiger partial charge is 0.458 e. The molecule has 0 unspecified atom stereocenters. The number of hydrogen-bond acceptors (Lipinski definition) is 9. The van der Waals surface area contributed by atoms with Crippen molar-refractivity contribution in [2.75, 3.05) is 0 Å². The molecule has 1 N–H and O–H groups in total. The molecular formula is C43H43NO9. The van der Waals surface area contributed by atoms with Gasteiger partial charge in [0.2, 0.25) is 5.91 Å². The molecule has 1 amide bonds. The number of benzene rings is 3. The van der Waals surface area contributed by atoms with Gasteiger partial charge in [0.05, 0.1) is 0 Å². The Hall–Kier alpha value is -5.77. The van der Waals surface area contributed by atoms with Crippen LogP contribution >= 0.6 is 0 Å². The summed E-state index contributed by atoms with van der Waals surface area (Å²) in [5.74, 6) is -2.03. The highest BCUT2D eigenvalue weighted by Gasteiger charge is 2.31. The lowest BCUT2D eigenvalue weighted by Gasteiger charge is -2.25. The number of ether oxygens (including phenoxy) is 2. The van der Waals surface area contributed by atoms with Gasteiger partial charge in [-0.1, -0.05) is 60.7 Å². The molecule has 0 fully saturated rings. The molecule has 0 radical (unpaired) electrons. The fourth-order valence-electron chi connectivity index (χ4n) is 6.48. The van der Waals surface area contributed by atoms with E-state index in [1.54, 1.807) is 107 Å². The van der Waals surface area contributed by atoms with E-state index >= 15 is 0 Å². The number of esters is 2. The fourth-order valence-corrected chi connectivity index (χ4v) is 6.48. The summed E-state index contributed by atoms with van der Waals surface area (Å²) in [4.78, 5) is 90.5. The summed E-state index contributed by atoms with van der Waals surface area (Å²) in [6, 6.07) is 18.9. The quantitative estimate of drug-likeness (QED) is 0.144. The van der Waals surface area contributed by atoms with Gasteiger partial charge in [-0.05, 0) is 78.0 Å². The van der Waals surface area contributed by atoms with E-state index in [9.17, 15) is 33.6 Å². The van der Waals surface area contributed by atoms with Gasteiger partial charge >= 0.3 is 11.9 Å². The summed E-state index contributed by atoms with van der Waals surface area (Å²) in [5, 5.41) is 2.77. The second-order valence-corrected chi connectivity index (χ2v) is 14.3. The number of hydrogen-bond donors (Lipinski definition) is 1. The van der Waals surface area contributed by atoms with E-state index in [0.29, 0.717) is 63.0 Å². The molecule has 3 aromatic rings. The highest BCUT2D eigenvalue weighted by Crippen LogP contribution is 2.30. The average Bonchev–Trinajstić information content (AvgIpc) is 3.12. The number of fused-ring (bicyclic) bond motifs is 2. The van der Waals surface area contributed by atoms with Crippen molar-refractivity contribution in [2.24, 2.45) is 0 Å². The molecule has 0 aliphatic heterocycles. The van der Waals surface area contributed by atoms with Gasteiger partial charge in [0, 0.05) is 63.8 Å². The van der Waals surface area contributed by atoms with Crippen LogP contribution in [0.25, 0.3) is 0 Å². The van der Waals surface area contributed by atoms with Crippen molar-refractivity contribution in [1.82, 2.24) is 5.32 Å². The first-order chi connectivity index (χ1) is 25.1. The number of amides is 1. The second-order valence-electron chi connectivity index (χ2n) is 14.3. The minimum Gasteiger partial charge on any atom is -0.458 e. The van der Waals surface area contributed by atoms with Crippen LogP contribution in [0.2, 0.25) is 0 Å². The van der Waals surface area contributed by atoms with Crippen LogP contribution in [-0.2, 0) is 25.5 Å². The van der Waals surface area contributed by atoms with E-state index in [1.165, 1.54) is 0 Å². The molecule has 5 rings (SSSR count). The number of ketones is 4. The van der Waals surface area contributed by atoms with Crippen LogP contribution in [0.3, 0.4) is 0 Å². The van der Waals surface area contributed by atoms with Crippen molar-refractivity contribution in [3.63, 3.8) is 0 Å². The maximum Gasteiger partial charge on any atom is 0.329 e. The minimum atomic E-state index is -1.01. The van der Waals surface area contributed by atoms with Gasteiger partial charge in [-0.25, -0.2) is 4.79 Å². The Morgan fingerprint density at radius 2 is 1.09 bits per heavy atom. The van der Waals surface area contributed by atoms with Crippen molar-refractivity contribution < 1.29 is 43.0 Å². The predicted octanol–water partition coefficient (Wildman–Crippen LogP) is 7.09. The van der Waals surface area contributed by atoms with Gasteiger partial charge in [0.1, 0.15) is 17.4 Å². The third-order valence-corrected chi connectivity index (χ3v) is 9.23. The van der Waals surface area contributed by atoms with Gasteiger partial charge in [-0.2, -0.15) is 0 Å².